The fourth-order valence-electron chi connectivity index (χ4n) is 3.63. The molecule has 0 N–H and O–H groups in total. The molecule has 3 rings (SSSR count). The van der Waals surface area contributed by atoms with E-state index in [4.69, 9.17) is 4.74 Å². The van der Waals surface area contributed by atoms with Crippen molar-refractivity contribution in [3.8, 4) is 0 Å². The highest BCUT2D eigenvalue weighted by Gasteiger charge is 2.49. The van der Waals surface area contributed by atoms with Crippen LogP contribution in [0.5, 0.6) is 0 Å². The number of esters is 1. The Kier molecular flexibility index (Phi) is 3.24. The van der Waals surface area contributed by atoms with Gasteiger partial charge < -0.3 is 4.74 Å². The molecule has 0 aromatic rings. The molecule has 5 atom stereocenters. The maximum atomic E-state index is 11.9. The second-order valence-corrected chi connectivity index (χ2v) is 5.44. The molecule has 5 unspecified atom stereocenters. The van der Waals surface area contributed by atoms with Gasteiger partial charge in [-0.2, -0.15) is 0 Å². The zero-order valence-electron chi connectivity index (χ0n) is 10.8. The molecular weight excluding hydrogens is 202 g/mol. The van der Waals surface area contributed by atoms with E-state index in [1.807, 2.05) is 6.92 Å². The number of carbonyl (C=O) groups is 1. The van der Waals surface area contributed by atoms with Crippen molar-refractivity contribution in [2.75, 3.05) is 13.7 Å². The molecule has 1 saturated carbocycles. The van der Waals surface area contributed by atoms with Crippen LogP contribution in [0.15, 0.2) is 0 Å². The highest BCUT2D eigenvalue weighted by Crippen LogP contribution is 2.45. The zero-order valence-corrected chi connectivity index (χ0v) is 10.8. The van der Waals surface area contributed by atoms with Crippen LogP contribution in [0.4, 0.5) is 0 Å². The molecule has 3 heteroatoms. The highest BCUT2D eigenvalue weighted by atomic mass is 16.5. The van der Waals surface area contributed by atoms with Gasteiger partial charge >= 0.3 is 5.97 Å². The molecular formula is C13H23NO2. The van der Waals surface area contributed by atoms with Crippen molar-refractivity contribution >= 4 is 5.97 Å². The average molecular weight is 225 g/mol. The molecule has 2 saturated heterocycles. The summed E-state index contributed by atoms with van der Waals surface area (Å²) in [7, 11) is 2.15. The Balaban J connectivity index is 2.12. The second-order valence-electron chi connectivity index (χ2n) is 5.44. The maximum absolute atomic E-state index is 11.9. The summed E-state index contributed by atoms with van der Waals surface area (Å²) in [5.41, 5.74) is 0. The number of ether oxygens (including phenoxy) is 1. The number of fused-ring (bicyclic) bond motifs is 3. The monoisotopic (exact) mass is 225 g/mol. The first-order valence-corrected chi connectivity index (χ1v) is 6.44. The molecule has 2 aliphatic heterocycles. The molecule has 1 aliphatic carbocycles. The topological polar surface area (TPSA) is 29.5 Å². The molecule has 0 aromatic heterocycles. The molecule has 3 fully saturated rings. The van der Waals surface area contributed by atoms with Gasteiger partial charge in [0.2, 0.25) is 0 Å². The molecule has 92 valence electrons. The summed E-state index contributed by atoms with van der Waals surface area (Å²) in [5.74, 6) is 1.54. The third kappa shape index (κ3) is 1.75. The van der Waals surface area contributed by atoms with E-state index in [0.29, 0.717) is 24.6 Å². The van der Waals surface area contributed by atoms with Gasteiger partial charge in [-0.15, -0.1) is 0 Å². The molecule has 0 spiro atoms. The summed E-state index contributed by atoms with van der Waals surface area (Å²) >= 11 is 0. The summed E-state index contributed by atoms with van der Waals surface area (Å²) < 4.78 is 5.19. The fourth-order valence-corrected chi connectivity index (χ4v) is 3.63. The Morgan fingerprint density at radius 1 is 1.38 bits per heavy atom. The van der Waals surface area contributed by atoms with Crippen molar-refractivity contribution < 1.29 is 9.53 Å². The van der Waals surface area contributed by atoms with Crippen LogP contribution < -0.4 is 0 Å². The first kappa shape index (κ1) is 11.9. The zero-order chi connectivity index (χ0) is 11.9. The van der Waals surface area contributed by atoms with E-state index in [9.17, 15) is 4.79 Å². The summed E-state index contributed by atoms with van der Waals surface area (Å²) in [5, 5.41) is 0. The van der Waals surface area contributed by atoms with Crippen molar-refractivity contribution in [1.82, 2.24) is 4.90 Å². The van der Waals surface area contributed by atoms with Crippen LogP contribution in [0.1, 0.15) is 33.6 Å². The van der Waals surface area contributed by atoms with Gasteiger partial charge in [-0.1, -0.05) is 6.92 Å². The van der Waals surface area contributed by atoms with E-state index in [0.717, 1.165) is 18.8 Å². The third-order valence-corrected chi connectivity index (χ3v) is 4.71. The highest BCUT2D eigenvalue weighted by molar-refractivity contribution is 5.73. The van der Waals surface area contributed by atoms with E-state index in [1.54, 1.807) is 0 Å². The molecule has 0 aromatic carbocycles. The molecule has 16 heavy (non-hydrogen) atoms. The summed E-state index contributed by atoms with van der Waals surface area (Å²) in [6.45, 7) is 6.99. The van der Waals surface area contributed by atoms with Gasteiger partial charge in [0, 0.05) is 12.1 Å². The van der Waals surface area contributed by atoms with E-state index in [-0.39, 0.29) is 11.9 Å². The maximum Gasteiger partial charge on any atom is 0.310 e. The van der Waals surface area contributed by atoms with Crippen molar-refractivity contribution in [2.24, 2.45) is 17.8 Å². The van der Waals surface area contributed by atoms with Crippen molar-refractivity contribution in [1.29, 1.82) is 0 Å². The van der Waals surface area contributed by atoms with Gasteiger partial charge in [-0.25, -0.2) is 0 Å². The third-order valence-electron chi connectivity index (χ3n) is 4.71. The minimum atomic E-state index is 0.0168. The SMILES string of the molecule is CCOC(=O)C1CC2C(C)CC1N(C)C2C. The second kappa shape index (κ2) is 4.36. The molecule has 2 bridgehead atoms. The molecule has 3 aliphatic rings. The van der Waals surface area contributed by atoms with Gasteiger partial charge in [0.25, 0.3) is 0 Å². The Hall–Kier alpha value is -0.570. The smallest absolute Gasteiger partial charge is 0.310 e. The van der Waals surface area contributed by atoms with Crippen molar-refractivity contribution in [3.63, 3.8) is 0 Å². The van der Waals surface area contributed by atoms with Gasteiger partial charge in [0.15, 0.2) is 0 Å². The minimum absolute atomic E-state index is 0.0168. The summed E-state index contributed by atoms with van der Waals surface area (Å²) in [6.07, 6.45) is 2.17. The molecule has 0 amide bonds. The predicted octanol–water partition coefficient (Wildman–Crippen LogP) is 1.91. The van der Waals surface area contributed by atoms with Gasteiger partial charge in [-0.3, -0.25) is 9.69 Å². The van der Waals surface area contributed by atoms with Crippen LogP contribution in [0.3, 0.4) is 0 Å². The Labute approximate surface area is 98.1 Å². The van der Waals surface area contributed by atoms with Crippen LogP contribution >= 0.6 is 0 Å². The molecule has 2 heterocycles. The number of hydrogen-bond acceptors (Lipinski definition) is 3. The first-order valence-electron chi connectivity index (χ1n) is 6.44. The first-order chi connectivity index (χ1) is 7.56. The lowest BCUT2D eigenvalue weighted by atomic mass is 9.64. The summed E-state index contributed by atoms with van der Waals surface area (Å²) in [4.78, 5) is 14.3. The molecule has 0 radical (unpaired) electrons. The number of rotatable bonds is 2. The Bertz CT molecular complexity index is 279. The van der Waals surface area contributed by atoms with Crippen molar-refractivity contribution in [2.45, 2.75) is 45.7 Å². The van der Waals surface area contributed by atoms with Crippen LogP contribution in [0, 0.1) is 17.8 Å². The molecule has 3 nitrogen and oxygen atoms in total. The van der Waals surface area contributed by atoms with Crippen LogP contribution in [0.25, 0.3) is 0 Å². The lowest BCUT2D eigenvalue weighted by molar-refractivity contribution is -0.160. The number of carbonyl (C=O) groups excluding carboxylic acids is 1. The quantitative estimate of drug-likeness (QED) is 0.672. The largest absolute Gasteiger partial charge is 0.466 e. The average Bonchev–Trinajstić information content (AvgIpc) is 2.25. The summed E-state index contributed by atoms with van der Waals surface area (Å²) in [6, 6.07) is 1.01. The Morgan fingerprint density at radius 3 is 2.69 bits per heavy atom. The lowest BCUT2D eigenvalue weighted by Gasteiger charge is -2.54. The minimum Gasteiger partial charge on any atom is -0.466 e. The fraction of sp³-hybridized carbons (Fsp3) is 0.923. The standard InChI is InChI=1S/C13H23NO2/c1-5-16-13(15)11-7-10-8(2)6-12(11)14(4)9(10)3/h8-12H,5-7H2,1-4H3. The number of piperidine rings is 2. The van der Waals surface area contributed by atoms with Gasteiger partial charge in [0.1, 0.15) is 0 Å². The normalized spacial score (nSPS) is 43.4. The van der Waals surface area contributed by atoms with Crippen LogP contribution in [-0.4, -0.2) is 36.6 Å². The van der Waals surface area contributed by atoms with Gasteiger partial charge in [0.05, 0.1) is 12.5 Å². The van der Waals surface area contributed by atoms with Gasteiger partial charge in [-0.05, 0) is 45.6 Å². The van der Waals surface area contributed by atoms with Crippen molar-refractivity contribution in [3.05, 3.63) is 0 Å². The lowest BCUT2D eigenvalue weighted by Crippen LogP contribution is -2.60. The van der Waals surface area contributed by atoms with E-state index in [2.05, 4.69) is 25.8 Å². The Morgan fingerprint density at radius 2 is 2.06 bits per heavy atom. The number of nitrogens with zero attached hydrogens (tertiary/aromatic N) is 1. The van der Waals surface area contributed by atoms with Crippen LogP contribution in [0.2, 0.25) is 0 Å². The van der Waals surface area contributed by atoms with E-state index >= 15 is 0 Å². The van der Waals surface area contributed by atoms with E-state index < -0.39 is 0 Å². The number of hydrogen-bond donors (Lipinski definition) is 0. The van der Waals surface area contributed by atoms with E-state index in [1.165, 1.54) is 0 Å². The van der Waals surface area contributed by atoms with Crippen LogP contribution in [-0.2, 0) is 9.53 Å². The predicted molar refractivity (Wildman–Crippen MR) is 63.0 cm³/mol.